The van der Waals surface area contributed by atoms with Gasteiger partial charge in [-0.25, -0.2) is 4.98 Å². The Morgan fingerprint density at radius 1 is 1.06 bits per heavy atom. The molecular formula is C24H29N3O4S. The molecule has 2 amide bonds. The molecule has 3 aliphatic rings. The molecule has 7 nitrogen and oxygen atoms in total. The van der Waals surface area contributed by atoms with Gasteiger partial charge in [-0.05, 0) is 43.4 Å². The quantitative estimate of drug-likeness (QED) is 0.735. The summed E-state index contributed by atoms with van der Waals surface area (Å²) in [7, 11) is 0. The fourth-order valence-electron chi connectivity index (χ4n) is 4.86. The molecule has 1 aliphatic carbocycles. The first-order valence-corrected chi connectivity index (χ1v) is 12.5. The van der Waals surface area contributed by atoms with Gasteiger partial charge in [-0.2, -0.15) is 0 Å². The molecule has 1 saturated carbocycles. The van der Waals surface area contributed by atoms with Crippen molar-refractivity contribution < 1.29 is 19.1 Å². The lowest BCUT2D eigenvalue weighted by molar-refractivity contribution is -0.137. The molecule has 3 heterocycles. The third-order valence-electron chi connectivity index (χ3n) is 6.75. The molecule has 32 heavy (non-hydrogen) atoms. The number of amides is 2. The molecule has 0 atom stereocenters. The number of fused-ring (bicyclic) bond motifs is 1. The standard InChI is InChI=1S/C24H29N3O4S/c28-22(25-13-16-6-7-20-21(12-16)31-15-30-20)19-14-32-23(26-19)17-8-10-27(11-9-17)24(29)18-4-2-1-3-5-18/h6-7,12,14,17-18H,1-5,8-11,13,15H2,(H,25,28). The molecule has 0 spiro atoms. The van der Waals surface area contributed by atoms with Crippen LogP contribution >= 0.6 is 11.3 Å². The van der Waals surface area contributed by atoms with Crippen LogP contribution in [0.15, 0.2) is 23.6 Å². The number of aromatic nitrogens is 1. The van der Waals surface area contributed by atoms with E-state index in [1.807, 2.05) is 23.6 Å². The average Bonchev–Trinajstić information content (AvgIpc) is 3.52. The fourth-order valence-corrected chi connectivity index (χ4v) is 5.83. The normalized spacial score (nSPS) is 19.2. The van der Waals surface area contributed by atoms with Crippen LogP contribution in [0.1, 0.15) is 71.9 Å². The Morgan fingerprint density at radius 3 is 2.66 bits per heavy atom. The number of ether oxygens (including phenoxy) is 2. The molecule has 1 N–H and O–H groups in total. The molecule has 8 heteroatoms. The fraction of sp³-hybridized carbons (Fsp3) is 0.542. The van der Waals surface area contributed by atoms with E-state index in [4.69, 9.17) is 9.47 Å². The number of thiazole rings is 1. The third kappa shape index (κ3) is 4.60. The predicted molar refractivity (Wildman–Crippen MR) is 121 cm³/mol. The van der Waals surface area contributed by atoms with Crippen molar-refractivity contribution in [3.8, 4) is 11.5 Å². The lowest BCUT2D eigenvalue weighted by Gasteiger charge is -2.34. The number of nitrogens with one attached hydrogen (secondary N) is 1. The van der Waals surface area contributed by atoms with Crippen molar-refractivity contribution in [1.82, 2.24) is 15.2 Å². The van der Waals surface area contributed by atoms with Gasteiger partial charge < -0.3 is 19.7 Å². The van der Waals surface area contributed by atoms with Crippen molar-refractivity contribution >= 4 is 23.2 Å². The van der Waals surface area contributed by atoms with Crippen LogP contribution in [0.4, 0.5) is 0 Å². The van der Waals surface area contributed by atoms with E-state index in [1.54, 1.807) is 11.3 Å². The maximum absolute atomic E-state index is 12.8. The molecule has 2 aliphatic heterocycles. The second-order valence-electron chi connectivity index (χ2n) is 8.88. The highest BCUT2D eigenvalue weighted by Crippen LogP contribution is 2.34. The highest BCUT2D eigenvalue weighted by atomic mass is 32.1. The number of nitrogens with zero attached hydrogens (tertiary/aromatic N) is 2. The summed E-state index contributed by atoms with van der Waals surface area (Å²) in [6, 6.07) is 5.66. The summed E-state index contributed by atoms with van der Waals surface area (Å²) < 4.78 is 10.7. The number of likely N-dealkylation sites (tertiary alicyclic amines) is 1. The van der Waals surface area contributed by atoms with Gasteiger partial charge in [0.25, 0.3) is 5.91 Å². The van der Waals surface area contributed by atoms with Crippen LogP contribution in [0, 0.1) is 5.92 Å². The van der Waals surface area contributed by atoms with Crippen LogP contribution in [-0.4, -0.2) is 41.6 Å². The first-order valence-electron chi connectivity index (χ1n) is 11.6. The third-order valence-corrected chi connectivity index (χ3v) is 7.76. The summed E-state index contributed by atoms with van der Waals surface area (Å²) in [5.74, 6) is 2.18. The van der Waals surface area contributed by atoms with Gasteiger partial charge in [0.1, 0.15) is 5.69 Å². The summed E-state index contributed by atoms with van der Waals surface area (Å²) in [6.07, 6.45) is 7.58. The minimum atomic E-state index is -0.171. The van der Waals surface area contributed by atoms with E-state index >= 15 is 0 Å². The Hall–Kier alpha value is -2.61. The van der Waals surface area contributed by atoms with E-state index in [9.17, 15) is 9.59 Å². The molecule has 2 aromatic rings. The van der Waals surface area contributed by atoms with Crippen LogP contribution in [0.2, 0.25) is 0 Å². The highest BCUT2D eigenvalue weighted by molar-refractivity contribution is 7.09. The highest BCUT2D eigenvalue weighted by Gasteiger charge is 2.30. The lowest BCUT2D eigenvalue weighted by Crippen LogP contribution is -2.41. The van der Waals surface area contributed by atoms with Crippen LogP contribution in [0.25, 0.3) is 0 Å². The number of carbonyl (C=O) groups is 2. The maximum Gasteiger partial charge on any atom is 0.271 e. The van der Waals surface area contributed by atoms with Crippen molar-refractivity contribution in [2.24, 2.45) is 5.92 Å². The molecule has 1 saturated heterocycles. The van der Waals surface area contributed by atoms with E-state index in [2.05, 4.69) is 15.2 Å². The monoisotopic (exact) mass is 455 g/mol. The van der Waals surface area contributed by atoms with Crippen molar-refractivity contribution in [3.05, 3.63) is 39.8 Å². The van der Waals surface area contributed by atoms with E-state index < -0.39 is 0 Å². The largest absolute Gasteiger partial charge is 0.454 e. The predicted octanol–water partition coefficient (Wildman–Crippen LogP) is 4.09. The number of hydrogen-bond donors (Lipinski definition) is 1. The van der Waals surface area contributed by atoms with Crippen molar-refractivity contribution in [2.75, 3.05) is 19.9 Å². The Balaban J connectivity index is 1.12. The Bertz CT molecular complexity index is 977. The number of carbonyl (C=O) groups excluding carboxylic acids is 2. The molecule has 170 valence electrons. The topological polar surface area (TPSA) is 80.8 Å². The van der Waals surface area contributed by atoms with Crippen LogP contribution in [0.3, 0.4) is 0 Å². The van der Waals surface area contributed by atoms with Crippen molar-refractivity contribution in [2.45, 2.75) is 57.4 Å². The van der Waals surface area contributed by atoms with Gasteiger partial charge in [-0.3, -0.25) is 9.59 Å². The lowest BCUT2D eigenvalue weighted by atomic mass is 9.87. The zero-order chi connectivity index (χ0) is 21.9. The minimum Gasteiger partial charge on any atom is -0.454 e. The van der Waals surface area contributed by atoms with Crippen LogP contribution < -0.4 is 14.8 Å². The summed E-state index contributed by atoms with van der Waals surface area (Å²) in [5, 5.41) is 5.78. The molecule has 5 rings (SSSR count). The Morgan fingerprint density at radius 2 is 1.84 bits per heavy atom. The van der Waals surface area contributed by atoms with E-state index in [1.165, 1.54) is 19.3 Å². The molecule has 1 aromatic heterocycles. The zero-order valence-electron chi connectivity index (χ0n) is 18.2. The SMILES string of the molecule is O=C(NCc1ccc2c(c1)OCO2)c1csc(C2CCN(C(=O)C3CCCCC3)CC2)n1. The molecule has 2 fully saturated rings. The zero-order valence-corrected chi connectivity index (χ0v) is 19.0. The second kappa shape index (κ2) is 9.48. The summed E-state index contributed by atoms with van der Waals surface area (Å²) in [4.78, 5) is 32.1. The Labute approximate surface area is 192 Å². The van der Waals surface area contributed by atoms with Crippen LogP contribution in [0.5, 0.6) is 11.5 Å². The number of benzene rings is 1. The molecule has 0 radical (unpaired) electrons. The summed E-state index contributed by atoms with van der Waals surface area (Å²) >= 11 is 1.55. The minimum absolute atomic E-state index is 0.171. The molecule has 0 bridgehead atoms. The number of piperidine rings is 1. The van der Waals surface area contributed by atoms with Crippen molar-refractivity contribution in [1.29, 1.82) is 0 Å². The van der Waals surface area contributed by atoms with Gasteiger partial charge in [-0.1, -0.05) is 25.3 Å². The average molecular weight is 456 g/mol. The molecule has 0 unspecified atom stereocenters. The number of rotatable bonds is 5. The summed E-state index contributed by atoms with van der Waals surface area (Å²) in [5.41, 5.74) is 1.42. The van der Waals surface area contributed by atoms with Crippen molar-refractivity contribution in [3.63, 3.8) is 0 Å². The summed E-state index contributed by atoms with van der Waals surface area (Å²) in [6.45, 7) is 2.24. The number of hydrogen-bond acceptors (Lipinski definition) is 6. The molecular weight excluding hydrogens is 426 g/mol. The first kappa shape index (κ1) is 21.2. The van der Waals surface area contributed by atoms with Gasteiger partial charge in [0, 0.05) is 36.9 Å². The second-order valence-corrected chi connectivity index (χ2v) is 9.77. The smallest absolute Gasteiger partial charge is 0.271 e. The Kier molecular flexibility index (Phi) is 6.30. The van der Waals surface area contributed by atoms with Gasteiger partial charge in [0.15, 0.2) is 11.5 Å². The van der Waals surface area contributed by atoms with Gasteiger partial charge >= 0.3 is 0 Å². The van der Waals surface area contributed by atoms with E-state index in [0.29, 0.717) is 29.8 Å². The van der Waals surface area contributed by atoms with E-state index in [-0.39, 0.29) is 18.6 Å². The van der Waals surface area contributed by atoms with Gasteiger partial charge in [-0.15, -0.1) is 11.3 Å². The maximum atomic E-state index is 12.8. The van der Waals surface area contributed by atoms with Crippen LogP contribution in [-0.2, 0) is 11.3 Å². The van der Waals surface area contributed by atoms with Gasteiger partial charge in [0.05, 0.1) is 5.01 Å². The molecule has 1 aromatic carbocycles. The van der Waals surface area contributed by atoms with E-state index in [0.717, 1.165) is 55.1 Å². The first-order chi connectivity index (χ1) is 15.7. The van der Waals surface area contributed by atoms with Gasteiger partial charge in [0.2, 0.25) is 12.7 Å².